The molecule has 1 saturated heterocycles. The van der Waals surface area contributed by atoms with Gasteiger partial charge in [-0.1, -0.05) is 43.1 Å². The van der Waals surface area contributed by atoms with Crippen molar-refractivity contribution >= 4 is 12.8 Å². The van der Waals surface area contributed by atoms with Gasteiger partial charge in [-0.05, 0) is 24.8 Å². The van der Waals surface area contributed by atoms with Gasteiger partial charge in [-0.25, -0.2) is 0 Å². The molecule has 1 aliphatic heterocycles. The average molecular weight is 222 g/mol. The molecule has 2 rings (SSSR count). The minimum atomic E-state index is -0.0272. The van der Waals surface area contributed by atoms with Gasteiger partial charge in [0, 0.05) is 18.6 Å². The SMILES string of the molecule is NC1(Cc2ccccc2)CCN(S)CC1. The zero-order valence-corrected chi connectivity index (χ0v) is 9.79. The van der Waals surface area contributed by atoms with Gasteiger partial charge in [-0.15, -0.1) is 0 Å². The number of nitrogens with zero attached hydrogens (tertiary/aromatic N) is 1. The lowest BCUT2D eigenvalue weighted by atomic mass is 9.83. The van der Waals surface area contributed by atoms with Crippen molar-refractivity contribution in [2.45, 2.75) is 24.8 Å². The normalized spacial score (nSPS) is 21.5. The van der Waals surface area contributed by atoms with Gasteiger partial charge in [0.1, 0.15) is 0 Å². The molecule has 82 valence electrons. The standard InChI is InChI=1S/C12H18N2S/c13-12(6-8-14(15)9-7-12)10-11-4-2-1-3-5-11/h1-5,15H,6-10,13H2. The molecule has 0 bridgehead atoms. The molecule has 0 radical (unpaired) electrons. The number of nitrogens with two attached hydrogens (primary N) is 1. The van der Waals surface area contributed by atoms with Crippen LogP contribution in [0.4, 0.5) is 0 Å². The minimum Gasteiger partial charge on any atom is -0.325 e. The van der Waals surface area contributed by atoms with E-state index in [1.165, 1.54) is 5.56 Å². The lowest BCUT2D eigenvalue weighted by molar-refractivity contribution is 0.248. The number of hydrogen-bond acceptors (Lipinski definition) is 3. The van der Waals surface area contributed by atoms with Crippen molar-refractivity contribution in [1.29, 1.82) is 0 Å². The Labute approximate surface area is 97.0 Å². The summed E-state index contributed by atoms with van der Waals surface area (Å²) in [7, 11) is 0. The molecule has 15 heavy (non-hydrogen) atoms. The Morgan fingerprint density at radius 1 is 1.20 bits per heavy atom. The highest BCUT2D eigenvalue weighted by Crippen LogP contribution is 2.24. The molecular weight excluding hydrogens is 204 g/mol. The van der Waals surface area contributed by atoms with Crippen molar-refractivity contribution < 1.29 is 0 Å². The van der Waals surface area contributed by atoms with Crippen LogP contribution in [0, 0.1) is 0 Å². The van der Waals surface area contributed by atoms with Crippen molar-refractivity contribution in [3.8, 4) is 0 Å². The van der Waals surface area contributed by atoms with Crippen LogP contribution in [0.15, 0.2) is 30.3 Å². The van der Waals surface area contributed by atoms with Crippen molar-refractivity contribution in [3.05, 3.63) is 35.9 Å². The topological polar surface area (TPSA) is 29.3 Å². The van der Waals surface area contributed by atoms with Crippen molar-refractivity contribution in [2.24, 2.45) is 5.73 Å². The van der Waals surface area contributed by atoms with E-state index in [0.29, 0.717) is 0 Å². The summed E-state index contributed by atoms with van der Waals surface area (Å²) >= 11 is 4.34. The summed E-state index contributed by atoms with van der Waals surface area (Å²) in [5.74, 6) is 0. The van der Waals surface area contributed by atoms with Crippen LogP contribution in [0.1, 0.15) is 18.4 Å². The van der Waals surface area contributed by atoms with E-state index in [2.05, 4.69) is 41.4 Å². The highest BCUT2D eigenvalue weighted by Gasteiger charge is 2.29. The van der Waals surface area contributed by atoms with Crippen LogP contribution >= 0.6 is 12.8 Å². The third-order valence-electron chi connectivity index (χ3n) is 3.13. The van der Waals surface area contributed by atoms with Crippen LogP contribution in [0.3, 0.4) is 0 Å². The molecule has 0 saturated carbocycles. The molecule has 1 aromatic rings. The summed E-state index contributed by atoms with van der Waals surface area (Å²) in [5, 5.41) is 0. The van der Waals surface area contributed by atoms with Gasteiger partial charge >= 0.3 is 0 Å². The zero-order chi connectivity index (χ0) is 10.7. The Morgan fingerprint density at radius 2 is 1.80 bits per heavy atom. The van der Waals surface area contributed by atoms with Crippen molar-refractivity contribution in [2.75, 3.05) is 13.1 Å². The third kappa shape index (κ3) is 2.97. The zero-order valence-electron chi connectivity index (χ0n) is 8.89. The van der Waals surface area contributed by atoms with Gasteiger partial charge in [0.2, 0.25) is 0 Å². The summed E-state index contributed by atoms with van der Waals surface area (Å²) in [6.45, 7) is 1.99. The maximum absolute atomic E-state index is 6.39. The summed E-state index contributed by atoms with van der Waals surface area (Å²) in [6.07, 6.45) is 3.05. The van der Waals surface area contributed by atoms with Gasteiger partial charge in [0.25, 0.3) is 0 Å². The van der Waals surface area contributed by atoms with E-state index in [4.69, 9.17) is 5.73 Å². The smallest absolute Gasteiger partial charge is 0.0220 e. The fourth-order valence-electron chi connectivity index (χ4n) is 2.12. The number of thiol groups is 1. The number of rotatable bonds is 2. The highest BCUT2D eigenvalue weighted by molar-refractivity contribution is 7.77. The van der Waals surface area contributed by atoms with Crippen molar-refractivity contribution in [1.82, 2.24) is 4.31 Å². The minimum absolute atomic E-state index is 0.0272. The van der Waals surface area contributed by atoms with E-state index in [1.807, 2.05) is 6.07 Å². The first-order chi connectivity index (χ1) is 7.18. The lowest BCUT2D eigenvalue weighted by Crippen LogP contribution is -2.49. The van der Waals surface area contributed by atoms with E-state index in [1.54, 1.807) is 0 Å². The monoisotopic (exact) mass is 222 g/mol. The van der Waals surface area contributed by atoms with Gasteiger partial charge in [-0.3, -0.25) is 4.31 Å². The first kappa shape index (κ1) is 11.0. The molecule has 1 heterocycles. The molecule has 0 spiro atoms. The first-order valence-electron chi connectivity index (χ1n) is 5.45. The first-order valence-corrected chi connectivity index (χ1v) is 5.85. The molecule has 1 aliphatic rings. The van der Waals surface area contributed by atoms with Crippen LogP contribution in [-0.2, 0) is 6.42 Å². The fourth-order valence-corrected chi connectivity index (χ4v) is 2.32. The molecule has 0 amide bonds. The van der Waals surface area contributed by atoms with E-state index < -0.39 is 0 Å². The largest absolute Gasteiger partial charge is 0.325 e. The summed E-state index contributed by atoms with van der Waals surface area (Å²) in [5.41, 5.74) is 7.71. The maximum atomic E-state index is 6.39. The average Bonchev–Trinajstić information content (AvgIpc) is 2.24. The summed E-state index contributed by atoms with van der Waals surface area (Å²) in [6, 6.07) is 10.5. The lowest BCUT2D eigenvalue weighted by Gasteiger charge is -2.37. The summed E-state index contributed by atoms with van der Waals surface area (Å²) < 4.78 is 2.05. The molecular formula is C12H18N2S. The summed E-state index contributed by atoms with van der Waals surface area (Å²) in [4.78, 5) is 0. The molecule has 2 N–H and O–H groups in total. The van der Waals surface area contributed by atoms with E-state index in [0.717, 1.165) is 32.4 Å². The highest BCUT2D eigenvalue weighted by atomic mass is 32.1. The Balaban J connectivity index is 1.99. The Kier molecular flexibility index (Phi) is 3.34. The molecule has 3 heteroatoms. The molecule has 0 unspecified atom stereocenters. The van der Waals surface area contributed by atoms with Gasteiger partial charge < -0.3 is 5.73 Å². The van der Waals surface area contributed by atoms with Gasteiger partial charge in [0.05, 0.1) is 0 Å². The quantitative estimate of drug-likeness (QED) is 0.748. The third-order valence-corrected chi connectivity index (χ3v) is 3.53. The Morgan fingerprint density at radius 3 is 2.40 bits per heavy atom. The number of hydrogen-bond donors (Lipinski definition) is 2. The molecule has 0 aliphatic carbocycles. The second-order valence-corrected chi connectivity index (χ2v) is 5.04. The molecule has 1 fully saturated rings. The fraction of sp³-hybridized carbons (Fsp3) is 0.500. The number of benzene rings is 1. The number of piperidine rings is 1. The maximum Gasteiger partial charge on any atom is 0.0220 e. The van der Waals surface area contributed by atoms with Crippen LogP contribution in [0.5, 0.6) is 0 Å². The van der Waals surface area contributed by atoms with E-state index in [-0.39, 0.29) is 5.54 Å². The molecule has 0 aromatic heterocycles. The Bertz CT molecular complexity index is 305. The molecule has 1 aromatic carbocycles. The van der Waals surface area contributed by atoms with Crippen molar-refractivity contribution in [3.63, 3.8) is 0 Å². The van der Waals surface area contributed by atoms with Crippen LogP contribution in [-0.4, -0.2) is 22.9 Å². The van der Waals surface area contributed by atoms with E-state index in [9.17, 15) is 0 Å². The van der Waals surface area contributed by atoms with Gasteiger partial charge in [0.15, 0.2) is 0 Å². The van der Waals surface area contributed by atoms with Crippen LogP contribution in [0.2, 0.25) is 0 Å². The second-order valence-electron chi connectivity index (χ2n) is 4.48. The van der Waals surface area contributed by atoms with Crippen LogP contribution in [0.25, 0.3) is 0 Å². The predicted octanol–water partition coefficient (Wildman–Crippen LogP) is 1.87. The Hall–Kier alpha value is -0.510. The van der Waals surface area contributed by atoms with E-state index >= 15 is 0 Å². The predicted molar refractivity (Wildman–Crippen MR) is 66.9 cm³/mol. The molecule has 2 nitrogen and oxygen atoms in total. The van der Waals surface area contributed by atoms with Crippen LogP contribution < -0.4 is 5.73 Å². The van der Waals surface area contributed by atoms with Gasteiger partial charge in [-0.2, -0.15) is 0 Å². The second kappa shape index (κ2) is 4.56. The molecule has 0 atom stereocenters.